The van der Waals surface area contributed by atoms with Gasteiger partial charge in [0.25, 0.3) is 0 Å². The summed E-state index contributed by atoms with van der Waals surface area (Å²) in [5.41, 5.74) is 5.46. The smallest absolute Gasteiger partial charge is 0.303 e. The number of methoxy groups -OCH3 is 1. The van der Waals surface area contributed by atoms with Crippen LogP contribution < -0.4 is 4.74 Å². The van der Waals surface area contributed by atoms with E-state index in [4.69, 9.17) is 14.6 Å². The van der Waals surface area contributed by atoms with E-state index < -0.39 is 5.97 Å². The van der Waals surface area contributed by atoms with Crippen molar-refractivity contribution in [1.82, 2.24) is 4.57 Å². The number of carbonyl (C=O) groups is 2. The Hall–Kier alpha value is -3.38. The molecule has 6 heteroatoms. The van der Waals surface area contributed by atoms with Crippen LogP contribution in [0.5, 0.6) is 5.75 Å². The highest BCUT2D eigenvalue weighted by Gasteiger charge is 2.20. The number of carbonyl (C=O) groups excluding carboxylic acids is 1. The molecule has 0 atom stereocenters. The molecule has 6 nitrogen and oxygen atoms in total. The quantitative estimate of drug-likeness (QED) is 0.277. The van der Waals surface area contributed by atoms with Gasteiger partial charge in [-0.25, -0.2) is 0 Å². The Bertz CT molecular complexity index is 1140. The van der Waals surface area contributed by atoms with Crippen molar-refractivity contribution in [3.63, 3.8) is 0 Å². The van der Waals surface area contributed by atoms with Crippen molar-refractivity contribution in [3.05, 3.63) is 88.2 Å². The number of ketones is 1. The molecular weight excluding hydrogens is 454 g/mol. The first-order valence-electron chi connectivity index (χ1n) is 12.6. The first-order valence-corrected chi connectivity index (χ1v) is 12.6. The normalized spacial score (nSPS) is 11.1. The fourth-order valence-electron chi connectivity index (χ4n) is 4.41. The zero-order valence-electron chi connectivity index (χ0n) is 21.8. The van der Waals surface area contributed by atoms with Crippen molar-refractivity contribution in [2.45, 2.75) is 66.2 Å². The minimum Gasteiger partial charge on any atom is -0.489 e. The molecule has 3 rings (SSSR count). The Labute approximate surface area is 213 Å². The number of hydrogen-bond acceptors (Lipinski definition) is 4. The van der Waals surface area contributed by atoms with Crippen molar-refractivity contribution >= 4 is 11.8 Å². The number of aliphatic carboxylic acids is 1. The van der Waals surface area contributed by atoms with Gasteiger partial charge in [0.05, 0.1) is 0 Å². The average Bonchev–Trinajstić information content (AvgIpc) is 3.20. The highest BCUT2D eigenvalue weighted by molar-refractivity contribution is 6.10. The van der Waals surface area contributed by atoms with Crippen LogP contribution in [0.1, 0.15) is 72.0 Å². The molecule has 1 aromatic heterocycles. The summed E-state index contributed by atoms with van der Waals surface area (Å²) < 4.78 is 13.3. The second kappa shape index (κ2) is 13.1. The van der Waals surface area contributed by atoms with E-state index >= 15 is 0 Å². The van der Waals surface area contributed by atoms with Crippen LogP contribution >= 0.6 is 0 Å². The fraction of sp³-hybridized carbons (Fsp3) is 0.400. The summed E-state index contributed by atoms with van der Waals surface area (Å²) >= 11 is 0. The van der Waals surface area contributed by atoms with Crippen LogP contribution in [0.4, 0.5) is 0 Å². The van der Waals surface area contributed by atoms with E-state index in [2.05, 4.69) is 38.1 Å². The molecule has 36 heavy (non-hydrogen) atoms. The van der Waals surface area contributed by atoms with Crippen LogP contribution in [-0.2, 0) is 42.1 Å². The second-order valence-corrected chi connectivity index (χ2v) is 9.50. The zero-order valence-corrected chi connectivity index (χ0v) is 21.8. The summed E-state index contributed by atoms with van der Waals surface area (Å²) in [7, 11) is 1.61. The third kappa shape index (κ3) is 7.31. The maximum Gasteiger partial charge on any atom is 0.303 e. The predicted molar refractivity (Wildman–Crippen MR) is 141 cm³/mol. The number of aryl methyl sites for hydroxylation is 1. The first kappa shape index (κ1) is 27.2. The number of rotatable bonds is 14. The number of benzene rings is 2. The van der Waals surface area contributed by atoms with Gasteiger partial charge in [0.15, 0.2) is 5.78 Å². The molecule has 0 spiro atoms. The number of hydrogen-bond donors (Lipinski definition) is 1. The Morgan fingerprint density at radius 2 is 1.67 bits per heavy atom. The topological polar surface area (TPSA) is 77.8 Å². The molecule has 0 amide bonds. The largest absolute Gasteiger partial charge is 0.489 e. The maximum atomic E-state index is 13.4. The molecule has 0 radical (unpaired) electrons. The first-order chi connectivity index (χ1) is 17.3. The highest BCUT2D eigenvalue weighted by Crippen LogP contribution is 2.24. The monoisotopic (exact) mass is 491 g/mol. The van der Waals surface area contributed by atoms with Crippen LogP contribution in [0.25, 0.3) is 0 Å². The summed E-state index contributed by atoms with van der Waals surface area (Å²) in [6, 6.07) is 17.6. The summed E-state index contributed by atoms with van der Waals surface area (Å²) in [5.74, 6) is 0.453. The van der Waals surface area contributed by atoms with Crippen LogP contribution in [0.15, 0.2) is 54.6 Å². The molecule has 0 bridgehead atoms. The Morgan fingerprint density at radius 1 is 1.00 bits per heavy atom. The van der Waals surface area contributed by atoms with Gasteiger partial charge in [-0.05, 0) is 73.1 Å². The summed E-state index contributed by atoms with van der Waals surface area (Å²) in [6.07, 6.45) is 2.90. The minimum absolute atomic E-state index is 0.0616. The lowest BCUT2D eigenvalue weighted by Gasteiger charge is -2.12. The lowest BCUT2D eigenvalue weighted by Crippen LogP contribution is -2.11. The summed E-state index contributed by atoms with van der Waals surface area (Å²) in [4.78, 5) is 24.3. The molecule has 1 N–H and O–H groups in total. The van der Waals surface area contributed by atoms with E-state index in [1.807, 2.05) is 29.7 Å². The van der Waals surface area contributed by atoms with E-state index in [0.29, 0.717) is 55.4 Å². The number of aromatic nitrogens is 1. The van der Waals surface area contributed by atoms with Gasteiger partial charge in [-0.3, -0.25) is 9.59 Å². The van der Waals surface area contributed by atoms with Crippen LogP contribution in [-0.4, -0.2) is 28.5 Å². The van der Waals surface area contributed by atoms with Gasteiger partial charge in [0.1, 0.15) is 19.1 Å². The highest BCUT2D eigenvalue weighted by atomic mass is 16.5. The third-order valence-corrected chi connectivity index (χ3v) is 6.14. The van der Waals surface area contributed by atoms with Gasteiger partial charge in [0.2, 0.25) is 0 Å². The third-order valence-electron chi connectivity index (χ3n) is 6.14. The lowest BCUT2D eigenvalue weighted by molar-refractivity contribution is -0.137. The van der Waals surface area contributed by atoms with Crippen molar-refractivity contribution in [1.29, 1.82) is 0 Å². The Morgan fingerprint density at radius 3 is 2.25 bits per heavy atom. The molecule has 0 saturated carbocycles. The minimum atomic E-state index is -0.822. The van der Waals surface area contributed by atoms with E-state index in [1.165, 1.54) is 5.56 Å². The Kier molecular flexibility index (Phi) is 9.88. The van der Waals surface area contributed by atoms with Crippen LogP contribution in [0.2, 0.25) is 0 Å². The number of carboxylic acids is 1. The van der Waals surface area contributed by atoms with Gasteiger partial charge >= 0.3 is 5.97 Å². The molecule has 3 aromatic rings. The SMILES string of the molecule is CCc1c(C(=O)c2ccc(OCc3ccc(CC(C)C)cc3)cc2)cc(CCCC(=O)O)n1COC. The van der Waals surface area contributed by atoms with E-state index in [9.17, 15) is 9.59 Å². The standard InChI is InChI=1S/C30H37NO5/c1-5-28-27(18-25(31(28)20-35-4)7-6-8-29(32)33)30(34)24-13-15-26(16-14-24)36-19-23-11-9-22(10-12-23)17-21(2)3/h9-16,18,21H,5-8,17,19-20H2,1-4H3,(H,32,33). The number of ether oxygens (including phenoxy) is 2. The van der Waals surface area contributed by atoms with Crippen LogP contribution in [0.3, 0.4) is 0 Å². The van der Waals surface area contributed by atoms with Gasteiger partial charge in [0, 0.05) is 36.0 Å². The molecule has 0 aliphatic heterocycles. The summed E-state index contributed by atoms with van der Waals surface area (Å²) in [5, 5.41) is 8.98. The second-order valence-electron chi connectivity index (χ2n) is 9.50. The molecule has 0 aliphatic rings. The van der Waals surface area contributed by atoms with Gasteiger partial charge < -0.3 is 19.1 Å². The van der Waals surface area contributed by atoms with Gasteiger partial charge in [-0.15, -0.1) is 0 Å². The van der Waals surface area contributed by atoms with Crippen molar-refractivity contribution in [2.24, 2.45) is 5.92 Å². The molecule has 1 heterocycles. The van der Waals surface area contributed by atoms with Gasteiger partial charge in [-0.1, -0.05) is 45.0 Å². The molecule has 0 saturated heterocycles. The number of nitrogens with zero attached hydrogens (tertiary/aromatic N) is 1. The number of carboxylic acid groups (broad SMARTS) is 1. The lowest BCUT2D eigenvalue weighted by atomic mass is 10.0. The molecule has 0 unspecified atom stereocenters. The zero-order chi connectivity index (χ0) is 26.1. The van der Waals surface area contributed by atoms with Crippen molar-refractivity contribution in [3.8, 4) is 5.75 Å². The average molecular weight is 492 g/mol. The molecule has 0 fully saturated rings. The fourth-order valence-corrected chi connectivity index (χ4v) is 4.41. The van der Waals surface area contributed by atoms with E-state index in [-0.39, 0.29) is 12.2 Å². The molecule has 0 aliphatic carbocycles. The van der Waals surface area contributed by atoms with Gasteiger partial charge in [-0.2, -0.15) is 0 Å². The molecule has 192 valence electrons. The molecular formula is C30H37NO5. The molecule has 2 aromatic carbocycles. The van der Waals surface area contributed by atoms with E-state index in [1.54, 1.807) is 19.2 Å². The Balaban J connectivity index is 1.70. The summed E-state index contributed by atoms with van der Waals surface area (Å²) in [6.45, 7) is 7.22. The van der Waals surface area contributed by atoms with Crippen molar-refractivity contribution in [2.75, 3.05) is 7.11 Å². The van der Waals surface area contributed by atoms with E-state index in [0.717, 1.165) is 23.4 Å². The predicted octanol–water partition coefficient (Wildman–Crippen LogP) is 6.07. The maximum absolute atomic E-state index is 13.4. The van der Waals surface area contributed by atoms with Crippen molar-refractivity contribution < 1.29 is 24.2 Å². The van der Waals surface area contributed by atoms with Crippen LogP contribution in [0, 0.1) is 5.92 Å².